The fourth-order valence-corrected chi connectivity index (χ4v) is 1.10. The van der Waals surface area contributed by atoms with Crippen LogP contribution in [-0.4, -0.2) is 61.8 Å². The average molecular weight is 292 g/mol. The standard InChI is InChI=1S/C13H24O7/c1-10(12(15)16)19-8-7-17-5-6-18-9-11(14)20-13(2,3)4/h10H,5-9H2,1-4H3,(H,15,16)/t10-/m0/s1. The topological polar surface area (TPSA) is 91.3 Å². The van der Waals surface area contributed by atoms with Crippen LogP contribution in [0.4, 0.5) is 0 Å². The van der Waals surface area contributed by atoms with Crippen molar-refractivity contribution in [3.63, 3.8) is 0 Å². The van der Waals surface area contributed by atoms with E-state index in [9.17, 15) is 9.59 Å². The molecule has 0 aliphatic rings. The molecule has 0 radical (unpaired) electrons. The van der Waals surface area contributed by atoms with Crippen molar-refractivity contribution in [3.8, 4) is 0 Å². The highest BCUT2D eigenvalue weighted by Gasteiger charge is 2.15. The lowest BCUT2D eigenvalue weighted by molar-refractivity contribution is -0.160. The fraction of sp³-hybridized carbons (Fsp3) is 0.846. The molecule has 0 aromatic carbocycles. The van der Waals surface area contributed by atoms with Gasteiger partial charge in [0.05, 0.1) is 26.4 Å². The van der Waals surface area contributed by atoms with E-state index in [0.29, 0.717) is 6.61 Å². The molecule has 0 fully saturated rings. The monoisotopic (exact) mass is 292 g/mol. The second-order valence-electron chi connectivity index (χ2n) is 5.10. The Morgan fingerprint density at radius 3 is 2.15 bits per heavy atom. The Labute approximate surface area is 119 Å². The zero-order chi connectivity index (χ0) is 15.6. The van der Waals surface area contributed by atoms with Gasteiger partial charge in [0.25, 0.3) is 0 Å². The van der Waals surface area contributed by atoms with E-state index < -0.39 is 23.6 Å². The van der Waals surface area contributed by atoms with Crippen LogP contribution in [0.5, 0.6) is 0 Å². The molecule has 0 amide bonds. The first-order chi connectivity index (χ1) is 9.22. The van der Waals surface area contributed by atoms with Gasteiger partial charge in [0, 0.05) is 0 Å². The third-order valence-corrected chi connectivity index (χ3v) is 1.96. The minimum Gasteiger partial charge on any atom is -0.479 e. The molecular formula is C13H24O7. The van der Waals surface area contributed by atoms with Crippen LogP contribution in [0, 0.1) is 0 Å². The van der Waals surface area contributed by atoms with E-state index in [-0.39, 0.29) is 26.4 Å². The Hall–Kier alpha value is -1.18. The number of aliphatic carboxylic acids is 1. The third kappa shape index (κ3) is 11.9. The smallest absolute Gasteiger partial charge is 0.332 e. The molecule has 1 atom stereocenters. The van der Waals surface area contributed by atoms with Gasteiger partial charge >= 0.3 is 11.9 Å². The Kier molecular flexibility index (Phi) is 9.11. The van der Waals surface area contributed by atoms with Crippen LogP contribution in [0.25, 0.3) is 0 Å². The summed E-state index contributed by atoms with van der Waals surface area (Å²) in [5.74, 6) is -1.43. The van der Waals surface area contributed by atoms with E-state index in [0.717, 1.165) is 0 Å². The van der Waals surface area contributed by atoms with Gasteiger partial charge in [0.1, 0.15) is 12.2 Å². The second-order valence-corrected chi connectivity index (χ2v) is 5.10. The van der Waals surface area contributed by atoms with Gasteiger partial charge in [-0.25, -0.2) is 9.59 Å². The van der Waals surface area contributed by atoms with Crippen molar-refractivity contribution < 1.29 is 33.6 Å². The quantitative estimate of drug-likeness (QED) is 0.471. The van der Waals surface area contributed by atoms with Crippen molar-refractivity contribution in [1.82, 2.24) is 0 Å². The highest BCUT2D eigenvalue weighted by atomic mass is 16.6. The number of hydrogen-bond acceptors (Lipinski definition) is 6. The summed E-state index contributed by atoms with van der Waals surface area (Å²) >= 11 is 0. The lowest BCUT2D eigenvalue weighted by atomic mass is 10.2. The van der Waals surface area contributed by atoms with Crippen LogP contribution in [0.15, 0.2) is 0 Å². The minimum absolute atomic E-state index is 0.118. The highest BCUT2D eigenvalue weighted by molar-refractivity contribution is 5.71. The predicted octanol–water partition coefficient (Wildman–Crippen LogP) is 0.851. The van der Waals surface area contributed by atoms with E-state index in [4.69, 9.17) is 24.1 Å². The van der Waals surface area contributed by atoms with Crippen LogP contribution < -0.4 is 0 Å². The van der Waals surface area contributed by atoms with Gasteiger partial charge in [-0.2, -0.15) is 0 Å². The number of hydrogen-bond donors (Lipinski definition) is 1. The number of carboxylic acids is 1. The number of carbonyl (C=O) groups is 2. The molecule has 0 bridgehead atoms. The van der Waals surface area contributed by atoms with Crippen molar-refractivity contribution in [2.45, 2.75) is 39.4 Å². The Balaban J connectivity index is 3.37. The summed E-state index contributed by atoms with van der Waals surface area (Å²) in [6, 6.07) is 0. The molecule has 0 saturated heterocycles. The fourth-order valence-electron chi connectivity index (χ4n) is 1.10. The lowest BCUT2D eigenvalue weighted by Crippen LogP contribution is -2.27. The summed E-state index contributed by atoms with van der Waals surface area (Å²) in [6.07, 6.45) is -0.845. The Morgan fingerprint density at radius 2 is 1.60 bits per heavy atom. The van der Waals surface area contributed by atoms with E-state index in [1.807, 2.05) is 0 Å². The molecule has 0 saturated carbocycles. The summed E-state index contributed by atoms with van der Waals surface area (Å²) in [6.45, 7) is 7.71. The van der Waals surface area contributed by atoms with Crippen molar-refractivity contribution >= 4 is 11.9 Å². The van der Waals surface area contributed by atoms with Gasteiger partial charge < -0.3 is 24.1 Å². The molecule has 118 valence electrons. The third-order valence-electron chi connectivity index (χ3n) is 1.96. The minimum atomic E-state index is -1.01. The molecule has 0 aromatic rings. The summed E-state index contributed by atoms with van der Waals surface area (Å²) < 4.78 is 20.2. The number of carboxylic acid groups (broad SMARTS) is 1. The molecule has 1 N–H and O–H groups in total. The maximum absolute atomic E-state index is 11.3. The SMILES string of the molecule is C[C@H](OCCOCCOCC(=O)OC(C)(C)C)C(=O)O. The first-order valence-electron chi connectivity index (χ1n) is 6.44. The molecule has 0 heterocycles. The van der Waals surface area contributed by atoms with Gasteiger partial charge in [-0.1, -0.05) is 0 Å². The molecule has 7 nitrogen and oxygen atoms in total. The van der Waals surface area contributed by atoms with Gasteiger partial charge in [-0.3, -0.25) is 0 Å². The zero-order valence-corrected chi connectivity index (χ0v) is 12.5. The van der Waals surface area contributed by atoms with Gasteiger partial charge in [0.2, 0.25) is 0 Å². The van der Waals surface area contributed by atoms with Crippen molar-refractivity contribution in [2.75, 3.05) is 33.0 Å². The number of esters is 1. The molecule has 20 heavy (non-hydrogen) atoms. The summed E-state index contributed by atoms with van der Waals surface area (Å²) in [5, 5.41) is 8.56. The molecule has 0 spiro atoms. The van der Waals surface area contributed by atoms with Gasteiger partial charge in [0.15, 0.2) is 6.10 Å². The molecule has 0 unspecified atom stereocenters. The van der Waals surface area contributed by atoms with E-state index in [1.54, 1.807) is 20.8 Å². The predicted molar refractivity (Wildman–Crippen MR) is 70.5 cm³/mol. The molecule has 0 aromatic heterocycles. The molecular weight excluding hydrogens is 268 g/mol. The number of carbonyl (C=O) groups excluding carboxylic acids is 1. The van der Waals surface area contributed by atoms with Gasteiger partial charge in [-0.05, 0) is 27.7 Å². The van der Waals surface area contributed by atoms with Crippen LogP contribution in [0.3, 0.4) is 0 Å². The summed E-state index contributed by atoms with van der Waals surface area (Å²) in [4.78, 5) is 21.7. The van der Waals surface area contributed by atoms with E-state index >= 15 is 0 Å². The van der Waals surface area contributed by atoms with E-state index in [1.165, 1.54) is 6.92 Å². The molecule has 7 heteroatoms. The molecule has 0 aliphatic carbocycles. The maximum atomic E-state index is 11.3. The van der Waals surface area contributed by atoms with Crippen LogP contribution in [-0.2, 0) is 28.5 Å². The average Bonchev–Trinajstić information content (AvgIpc) is 2.29. The first-order valence-corrected chi connectivity index (χ1v) is 6.44. The highest BCUT2D eigenvalue weighted by Crippen LogP contribution is 2.06. The Morgan fingerprint density at radius 1 is 1.05 bits per heavy atom. The second kappa shape index (κ2) is 9.68. The Bertz CT molecular complexity index is 296. The van der Waals surface area contributed by atoms with Gasteiger partial charge in [-0.15, -0.1) is 0 Å². The molecule has 0 aliphatic heterocycles. The van der Waals surface area contributed by atoms with Crippen LogP contribution in [0.1, 0.15) is 27.7 Å². The zero-order valence-electron chi connectivity index (χ0n) is 12.5. The summed E-state index contributed by atoms with van der Waals surface area (Å²) in [7, 11) is 0. The molecule has 0 rings (SSSR count). The van der Waals surface area contributed by atoms with E-state index in [2.05, 4.69) is 0 Å². The van der Waals surface area contributed by atoms with Crippen molar-refractivity contribution in [2.24, 2.45) is 0 Å². The number of ether oxygens (including phenoxy) is 4. The number of rotatable bonds is 10. The van der Waals surface area contributed by atoms with Crippen molar-refractivity contribution in [1.29, 1.82) is 0 Å². The normalized spacial score (nSPS) is 13.0. The van der Waals surface area contributed by atoms with Crippen LogP contribution >= 0.6 is 0 Å². The first kappa shape index (κ1) is 18.8. The summed E-state index contributed by atoms with van der Waals surface area (Å²) in [5.41, 5.74) is -0.519. The van der Waals surface area contributed by atoms with Crippen LogP contribution in [0.2, 0.25) is 0 Å². The van der Waals surface area contributed by atoms with Crippen molar-refractivity contribution in [3.05, 3.63) is 0 Å². The maximum Gasteiger partial charge on any atom is 0.332 e. The largest absolute Gasteiger partial charge is 0.479 e. The lowest BCUT2D eigenvalue weighted by Gasteiger charge is -2.19.